The van der Waals surface area contributed by atoms with Crippen molar-refractivity contribution in [2.24, 2.45) is 11.8 Å². The number of halogens is 1. The molecule has 2 N–H and O–H groups in total. The third-order valence-corrected chi connectivity index (χ3v) is 5.60. The van der Waals surface area contributed by atoms with Crippen LogP contribution in [0.5, 0.6) is 0 Å². The highest BCUT2D eigenvalue weighted by atomic mass is 35.5. The molecule has 3 unspecified atom stereocenters. The first kappa shape index (κ1) is 16.4. The predicted octanol–water partition coefficient (Wildman–Crippen LogP) is 5.07. The third kappa shape index (κ3) is 3.64. The second-order valence-corrected chi connectivity index (χ2v) is 7.50. The summed E-state index contributed by atoms with van der Waals surface area (Å²) in [6.07, 6.45) is 6.58. The van der Waals surface area contributed by atoms with Crippen LogP contribution >= 0.6 is 11.6 Å². The first-order valence-corrected chi connectivity index (χ1v) is 9.38. The molecule has 0 radical (unpaired) electrons. The van der Waals surface area contributed by atoms with Crippen molar-refractivity contribution < 1.29 is 0 Å². The van der Waals surface area contributed by atoms with Crippen LogP contribution in [-0.4, -0.2) is 21.0 Å². The van der Waals surface area contributed by atoms with Gasteiger partial charge in [0.25, 0.3) is 0 Å². The summed E-state index contributed by atoms with van der Waals surface area (Å²) in [5.74, 6) is 2.28. The van der Waals surface area contributed by atoms with E-state index < -0.39 is 0 Å². The molecule has 2 aromatic heterocycles. The Hall–Kier alpha value is -2.07. The smallest absolute Gasteiger partial charge is 0.226 e. The first-order chi connectivity index (χ1) is 12.2. The highest BCUT2D eigenvalue weighted by molar-refractivity contribution is 6.28. The normalized spacial score (nSPS) is 23.7. The van der Waals surface area contributed by atoms with E-state index >= 15 is 0 Å². The molecule has 3 atom stereocenters. The maximum atomic E-state index is 6.08. The second-order valence-electron chi connectivity index (χ2n) is 7.16. The number of hydrogen-bond acceptors (Lipinski definition) is 3. The Balaban J connectivity index is 1.50. The lowest BCUT2D eigenvalue weighted by Crippen LogP contribution is -2.33. The van der Waals surface area contributed by atoms with Gasteiger partial charge in [-0.1, -0.05) is 37.3 Å². The fourth-order valence-electron chi connectivity index (χ4n) is 3.97. The van der Waals surface area contributed by atoms with Gasteiger partial charge in [-0.3, -0.25) is 0 Å². The molecular weight excluding hydrogens is 332 g/mol. The topological polar surface area (TPSA) is 53.6 Å². The van der Waals surface area contributed by atoms with Crippen LogP contribution in [-0.2, 0) is 6.42 Å². The summed E-state index contributed by atoms with van der Waals surface area (Å²) in [6, 6.07) is 13.2. The summed E-state index contributed by atoms with van der Waals surface area (Å²) in [4.78, 5) is 11.8. The Bertz CT molecular complexity index is 845. The van der Waals surface area contributed by atoms with Crippen LogP contribution in [0.15, 0.2) is 42.6 Å². The van der Waals surface area contributed by atoms with E-state index in [0.29, 0.717) is 12.0 Å². The van der Waals surface area contributed by atoms with Crippen LogP contribution in [0.2, 0.25) is 5.28 Å². The Labute approximate surface area is 153 Å². The number of rotatable bonds is 4. The van der Waals surface area contributed by atoms with E-state index in [4.69, 9.17) is 11.6 Å². The summed E-state index contributed by atoms with van der Waals surface area (Å²) in [6.45, 7) is 2.38. The molecule has 3 aromatic rings. The number of hydrogen-bond donors (Lipinski definition) is 2. The van der Waals surface area contributed by atoms with Crippen LogP contribution in [0.3, 0.4) is 0 Å². The number of fused-ring (bicyclic) bond motifs is 1. The lowest BCUT2D eigenvalue weighted by atomic mass is 9.75. The minimum Gasteiger partial charge on any atom is -0.367 e. The van der Waals surface area contributed by atoms with Gasteiger partial charge >= 0.3 is 0 Å². The van der Waals surface area contributed by atoms with Gasteiger partial charge in [-0.2, -0.15) is 4.98 Å². The molecule has 1 aromatic carbocycles. The molecule has 1 fully saturated rings. The van der Waals surface area contributed by atoms with Gasteiger partial charge in [0.2, 0.25) is 5.28 Å². The molecule has 0 aliphatic heterocycles. The van der Waals surface area contributed by atoms with Crippen LogP contribution < -0.4 is 5.32 Å². The maximum absolute atomic E-state index is 6.08. The van der Waals surface area contributed by atoms with Crippen LogP contribution in [0.4, 0.5) is 5.82 Å². The van der Waals surface area contributed by atoms with Crippen molar-refractivity contribution in [3.8, 4) is 0 Å². The molecule has 0 amide bonds. The molecule has 0 saturated heterocycles. The summed E-state index contributed by atoms with van der Waals surface area (Å²) in [5.41, 5.74) is 2.21. The third-order valence-electron chi connectivity index (χ3n) is 5.43. The number of aromatic amines is 1. The van der Waals surface area contributed by atoms with Crippen molar-refractivity contribution in [1.82, 2.24) is 15.0 Å². The highest BCUT2D eigenvalue weighted by Crippen LogP contribution is 2.34. The molecule has 4 nitrogen and oxygen atoms in total. The average Bonchev–Trinajstić information content (AvgIpc) is 3.07. The Morgan fingerprint density at radius 2 is 2.00 bits per heavy atom. The fourth-order valence-corrected chi connectivity index (χ4v) is 4.13. The minimum atomic E-state index is 0.280. The molecular formula is C20H23ClN4. The van der Waals surface area contributed by atoms with Gasteiger partial charge < -0.3 is 10.3 Å². The molecule has 0 bridgehead atoms. The summed E-state index contributed by atoms with van der Waals surface area (Å²) in [5, 5.41) is 4.91. The molecule has 1 aliphatic carbocycles. The van der Waals surface area contributed by atoms with E-state index in [1.807, 2.05) is 12.3 Å². The van der Waals surface area contributed by atoms with E-state index in [2.05, 4.69) is 57.5 Å². The molecule has 5 heteroatoms. The van der Waals surface area contributed by atoms with Crippen molar-refractivity contribution in [2.45, 2.75) is 38.6 Å². The zero-order valence-corrected chi connectivity index (χ0v) is 15.1. The van der Waals surface area contributed by atoms with Crippen LogP contribution in [0.1, 0.15) is 31.7 Å². The van der Waals surface area contributed by atoms with Gasteiger partial charge in [-0.25, -0.2) is 4.98 Å². The molecule has 4 rings (SSSR count). The zero-order valence-electron chi connectivity index (χ0n) is 14.4. The highest BCUT2D eigenvalue weighted by Gasteiger charge is 2.28. The van der Waals surface area contributed by atoms with E-state index in [9.17, 15) is 0 Å². The van der Waals surface area contributed by atoms with Gasteiger partial charge in [0.15, 0.2) is 0 Å². The molecule has 1 aliphatic rings. The largest absolute Gasteiger partial charge is 0.367 e. The van der Waals surface area contributed by atoms with Gasteiger partial charge in [-0.05, 0) is 60.7 Å². The SMILES string of the molecule is CC1CCC(Nc2nc(Cl)nc3[nH]ccc23)CC1Cc1ccccc1. The summed E-state index contributed by atoms with van der Waals surface area (Å²) in [7, 11) is 0. The van der Waals surface area contributed by atoms with E-state index in [0.717, 1.165) is 35.6 Å². The van der Waals surface area contributed by atoms with Crippen molar-refractivity contribution in [3.05, 3.63) is 53.4 Å². The second kappa shape index (κ2) is 7.04. The molecule has 0 spiro atoms. The lowest BCUT2D eigenvalue weighted by molar-refractivity contribution is 0.240. The number of H-pyrrole nitrogens is 1. The average molecular weight is 355 g/mol. The maximum Gasteiger partial charge on any atom is 0.226 e. The minimum absolute atomic E-state index is 0.280. The Kier molecular flexibility index (Phi) is 4.62. The molecule has 1 saturated carbocycles. The first-order valence-electron chi connectivity index (χ1n) is 9.00. The van der Waals surface area contributed by atoms with Gasteiger partial charge in [0.1, 0.15) is 11.5 Å². The Morgan fingerprint density at radius 3 is 2.84 bits per heavy atom. The van der Waals surface area contributed by atoms with E-state index in [-0.39, 0.29) is 5.28 Å². The molecule has 25 heavy (non-hydrogen) atoms. The number of benzene rings is 1. The van der Waals surface area contributed by atoms with Crippen molar-refractivity contribution in [1.29, 1.82) is 0 Å². The van der Waals surface area contributed by atoms with Crippen molar-refractivity contribution >= 4 is 28.5 Å². The van der Waals surface area contributed by atoms with Crippen molar-refractivity contribution in [2.75, 3.05) is 5.32 Å². The molecule has 130 valence electrons. The van der Waals surface area contributed by atoms with Crippen LogP contribution in [0.25, 0.3) is 11.0 Å². The summed E-state index contributed by atoms with van der Waals surface area (Å²) < 4.78 is 0. The van der Waals surface area contributed by atoms with Gasteiger partial charge in [0.05, 0.1) is 5.39 Å². The van der Waals surface area contributed by atoms with E-state index in [1.54, 1.807) is 0 Å². The van der Waals surface area contributed by atoms with Gasteiger partial charge in [-0.15, -0.1) is 0 Å². The Morgan fingerprint density at radius 1 is 1.16 bits per heavy atom. The van der Waals surface area contributed by atoms with E-state index in [1.165, 1.54) is 18.4 Å². The monoisotopic (exact) mass is 354 g/mol. The summed E-state index contributed by atoms with van der Waals surface area (Å²) >= 11 is 6.08. The van der Waals surface area contributed by atoms with Crippen molar-refractivity contribution in [3.63, 3.8) is 0 Å². The fraction of sp³-hybridized carbons (Fsp3) is 0.400. The number of nitrogens with one attached hydrogen (secondary N) is 2. The molecule has 2 heterocycles. The predicted molar refractivity (Wildman–Crippen MR) is 103 cm³/mol. The number of nitrogens with zero attached hydrogens (tertiary/aromatic N) is 2. The lowest BCUT2D eigenvalue weighted by Gasteiger charge is -2.35. The quantitative estimate of drug-likeness (QED) is 0.643. The number of anilines is 1. The van der Waals surface area contributed by atoms with Crippen LogP contribution in [0, 0.1) is 11.8 Å². The zero-order chi connectivity index (χ0) is 17.2. The standard InChI is InChI=1S/C20H23ClN4/c1-13-7-8-16(12-15(13)11-14-5-3-2-4-6-14)23-19-17-9-10-22-18(17)24-20(21)25-19/h2-6,9-10,13,15-16H,7-8,11-12H2,1H3,(H2,22,23,24,25). The number of aromatic nitrogens is 3. The van der Waals surface area contributed by atoms with Gasteiger partial charge in [0, 0.05) is 12.2 Å².